The van der Waals surface area contributed by atoms with Crippen LogP contribution in [0.15, 0.2) is 24.3 Å². The van der Waals surface area contributed by atoms with E-state index in [4.69, 9.17) is 17.0 Å². The van der Waals surface area contributed by atoms with Crippen LogP contribution in [0.2, 0.25) is 0 Å². The van der Waals surface area contributed by atoms with Gasteiger partial charge in [0.2, 0.25) is 0 Å². The number of benzene rings is 1. The molecule has 3 nitrogen and oxygen atoms in total. The number of aromatic nitrogens is 2. The Labute approximate surface area is 106 Å². The van der Waals surface area contributed by atoms with Gasteiger partial charge in [-0.05, 0) is 43.6 Å². The summed E-state index contributed by atoms with van der Waals surface area (Å²) in [6, 6.07) is 8.24. The molecular weight excluding hydrogens is 232 g/mol. The number of H-pyrrole nitrogens is 1. The maximum absolute atomic E-state index is 5.34. The van der Waals surface area contributed by atoms with Crippen LogP contribution in [0.25, 0.3) is 11.0 Å². The molecule has 0 amide bonds. The van der Waals surface area contributed by atoms with Crippen molar-refractivity contribution in [2.75, 3.05) is 13.7 Å². The SMILES string of the molecule is COCCCCCn1c(=S)[nH]c2ccccc21. The summed E-state index contributed by atoms with van der Waals surface area (Å²) in [4.78, 5) is 3.23. The number of nitrogens with one attached hydrogen (secondary N) is 1. The van der Waals surface area contributed by atoms with Crippen molar-refractivity contribution in [3.8, 4) is 0 Å². The van der Waals surface area contributed by atoms with Crippen LogP contribution in [-0.2, 0) is 11.3 Å². The Morgan fingerprint density at radius 2 is 2.06 bits per heavy atom. The Morgan fingerprint density at radius 1 is 1.24 bits per heavy atom. The van der Waals surface area contributed by atoms with Crippen LogP contribution in [0.4, 0.5) is 0 Å². The van der Waals surface area contributed by atoms with E-state index in [-0.39, 0.29) is 0 Å². The number of fused-ring (bicyclic) bond motifs is 1. The molecule has 1 heterocycles. The molecule has 0 saturated heterocycles. The number of ether oxygens (including phenoxy) is 1. The fourth-order valence-corrected chi connectivity index (χ4v) is 2.32. The zero-order valence-electron chi connectivity index (χ0n) is 10.1. The van der Waals surface area contributed by atoms with Crippen LogP contribution in [0.1, 0.15) is 19.3 Å². The molecule has 2 rings (SSSR count). The second-order valence-electron chi connectivity index (χ2n) is 4.15. The highest BCUT2D eigenvalue weighted by atomic mass is 32.1. The normalized spacial score (nSPS) is 11.1. The number of aromatic amines is 1. The van der Waals surface area contributed by atoms with Gasteiger partial charge in [0.15, 0.2) is 4.77 Å². The van der Waals surface area contributed by atoms with Crippen molar-refractivity contribution >= 4 is 23.3 Å². The minimum atomic E-state index is 0.818. The molecule has 92 valence electrons. The quantitative estimate of drug-likeness (QED) is 0.628. The average Bonchev–Trinajstić information content (AvgIpc) is 2.65. The number of imidazole rings is 1. The molecule has 1 N–H and O–H groups in total. The predicted molar refractivity (Wildman–Crippen MR) is 72.8 cm³/mol. The number of rotatable bonds is 6. The molecule has 0 spiro atoms. The van der Waals surface area contributed by atoms with Crippen molar-refractivity contribution in [2.45, 2.75) is 25.8 Å². The summed E-state index contributed by atoms with van der Waals surface area (Å²) in [5.74, 6) is 0. The van der Waals surface area contributed by atoms with Crippen molar-refractivity contribution in [1.82, 2.24) is 9.55 Å². The van der Waals surface area contributed by atoms with E-state index in [0.717, 1.165) is 36.3 Å². The fraction of sp³-hybridized carbons (Fsp3) is 0.462. The molecule has 2 aromatic rings. The lowest BCUT2D eigenvalue weighted by atomic mass is 10.2. The van der Waals surface area contributed by atoms with Crippen molar-refractivity contribution in [3.63, 3.8) is 0 Å². The predicted octanol–water partition coefficient (Wildman–Crippen LogP) is 3.52. The molecule has 0 fully saturated rings. The van der Waals surface area contributed by atoms with Crippen LogP contribution in [0.3, 0.4) is 0 Å². The highest BCUT2D eigenvalue weighted by Crippen LogP contribution is 2.14. The standard InChI is InChI=1S/C13H18N2OS/c1-16-10-6-2-5-9-15-12-8-4-3-7-11(12)14-13(15)17/h3-4,7-8H,2,5-6,9-10H2,1H3,(H,14,17). The second kappa shape index (κ2) is 5.98. The molecule has 0 bridgehead atoms. The molecule has 0 aliphatic carbocycles. The molecule has 1 aromatic heterocycles. The van der Waals surface area contributed by atoms with Crippen LogP contribution in [0, 0.1) is 4.77 Å². The van der Waals surface area contributed by atoms with Gasteiger partial charge in [-0.2, -0.15) is 0 Å². The first-order valence-corrected chi connectivity index (χ1v) is 6.40. The van der Waals surface area contributed by atoms with Crippen molar-refractivity contribution < 1.29 is 4.74 Å². The van der Waals surface area contributed by atoms with E-state index < -0.39 is 0 Å². The number of aryl methyl sites for hydroxylation is 1. The first kappa shape index (κ1) is 12.3. The van der Waals surface area contributed by atoms with Gasteiger partial charge in [0.05, 0.1) is 11.0 Å². The van der Waals surface area contributed by atoms with E-state index in [9.17, 15) is 0 Å². The number of unbranched alkanes of at least 4 members (excludes halogenated alkanes) is 2. The summed E-state index contributed by atoms with van der Waals surface area (Å²) in [5.41, 5.74) is 2.32. The molecule has 0 atom stereocenters. The Morgan fingerprint density at radius 3 is 2.88 bits per heavy atom. The molecule has 0 aliphatic heterocycles. The average molecular weight is 250 g/mol. The number of para-hydroxylation sites is 2. The number of hydrogen-bond donors (Lipinski definition) is 1. The van der Waals surface area contributed by atoms with Crippen molar-refractivity contribution in [1.29, 1.82) is 0 Å². The molecule has 0 radical (unpaired) electrons. The molecule has 0 saturated carbocycles. The van der Waals surface area contributed by atoms with Crippen molar-refractivity contribution in [2.24, 2.45) is 0 Å². The monoisotopic (exact) mass is 250 g/mol. The van der Waals surface area contributed by atoms with Gasteiger partial charge in [0.25, 0.3) is 0 Å². The summed E-state index contributed by atoms with van der Waals surface area (Å²) in [7, 11) is 1.75. The van der Waals surface area contributed by atoms with E-state index in [1.54, 1.807) is 7.11 Å². The molecule has 1 aromatic carbocycles. The third-order valence-electron chi connectivity index (χ3n) is 2.91. The van der Waals surface area contributed by atoms with E-state index in [1.165, 1.54) is 11.9 Å². The van der Waals surface area contributed by atoms with E-state index in [2.05, 4.69) is 21.7 Å². The molecule has 0 aliphatic rings. The lowest BCUT2D eigenvalue weighted by Gasteiger charge is -2.04. The van der Waals surface area contributed by atoms with Gasteiger partial charge < -0.3 is 14.3 Å². The Kier molecular flexibility index (Phi) is 4.34. The summed E-state index contributed by atoms with van der Waals surface area (Å²) in [6.07, 6.45) is 3.43. The maximum atomic E-state index is 5.34. The van der Waals surface area contributed by atoms with Crippen molar-refractivity contribution in [3.05, 3.63) is 29.0 Å². The summed E-state index contributed by atoms with van der Waals surface area (Å²) >= 11 is 5.34. The second-order valence-corrected chi connectivity index (χ2v) is 4.54. The van der Waals surface area contributed by atoms with Crippen LogP contribution >= 0.6 is 12.2 Å². The van der Waals surface area contributed by atoms with E-state index in [1.807, 2.05) is 12.1 Å². The van der Waals surface area contributed by atoms with E-state index >= 15 is 0 Å². The van der Waals surface area contributed by atoms with Crippen LogP contribution in [0.5, 0.6) is 0 Å². The summed E-state index contributed by atoms with van der Waals surface area (Å²) in [6.45, 7) is 1.83. The third kappa shape index (κ3) is 2.96. The Bertz CT molecular complexity index is 529. The first-order valence-electron chi connectivity index (χ1n) is 5.99. The molecule has 0 unspecified atom stereocenters. The molecule has 4 heteroatoms. The fourth-order valence-electron chi connectivity index (χ4n) is 2.02. The Hall–Kier alpha value is -1.13. The Balaban J connectivity index is 2.03. The molecule has 17 heavy (non-hydrogen) atoms. The number of nitrogens with zero attached hydrogens (tertiary/aromatic N) is 1. The molecular formula is C13H18N2OS. The van der Waals surface area contributed by atoms with Gasteiger partial charge in [-0.25, -0.2) is 0 Å². The zero-order valence-corrected chi connectivity index (χ0v) is 10.9. The highest BCUT2D eigenvalue weighted by Gasteiger charge is 2.02. The smallest absolute Gasteiger partial charge is 0.178 e. The minimum absolute atomic E-state index is 0.818. The van der Waals surface area contributed by atoms with Gasteiger partial charge in [0.1, 0.15) is 0 Å². The number of hydrogen-bond acceptors (Lipinski definition) is 2. The summed E-state index contributed by atoms with van der Waals surface area (Å²) in [5, 5.41) is 0. The van der Waals surface area contributed by atoms with Gasteiger partial charge in [-0.15, -0.1) is 0 Å². The van der Waals surface area contributed by atoms with Gasteiger partial charge in [-0.1, -0.05) is 12.1 Å². The van der Waals surface area contributed by atoms with E-state index in [0.29, 0.717) is 0 Å². The zero-order chi connectivity index (χ0) is 12.1. The first-order chi connectivity index (χ1) is 8.33. The lowest BCUT2D eigenvalue weighted by molar-refractivity contribution is 0.191. The highest BCUT2D eigenvalue weighted by molar-refractivity contribution is 7.71. The lowest BCUT2D eigenvalue weighted by Crippen LogP contribution is -1.98. The number of methoxy groups -OCH3 is 1. The van der Waals surface area contributed by atoms with Gasteiger partial charge in [0, 0.05) is 20.3 Å². The third-order valence-corrected chi connectivity index (χ3v) is 3.23. The maximum Gasteiger partial charge on any atom is 0.178 e. The largest absolute Gasteiger partial charge is 0.385 e. The van der Waals surface area contributed by atoms with Crippen LogP contribution < -0.4 is 0 Å². The van der Waals surface area contributed by atoms with Gasteiger partial charge in [-0.3, -0.25) is 0 Å². The summed E-state index contributed by atoms with van der Waals surface area (Å²) < 4.78 is 8.04. The van der Waals surface area contributed by atoms with Crippen LogP contribution in [-0.4, -0.2) is 23.3 Å². The topological polar surface area (TPSA) is 29.9 Å². The minimum Gasteiger partial charge on any atom is -0.385 e. The van der Waals surface area contributed by atoms with Gasteiger partial charge >= 0.3 is 0 Å².